The Morgan fingerprint density at radius 1 is 1.00 bits per heavy atom. The Balaban J connectivity index is 1.86. The lowest BCUT2D eigenvalue weighted by Crippen LogP contribution is -2.17. The number of nitrogens with one attached hydrogen (secondary N) is 1. The molecular weight excluding hydrogens is 306 g/mol. The summed E-state index contributed by atoms with van der Waals surface area (Å²) in [6.45, 7) is 0. The van der Waals surface area contributed by atoms with Gasteiger partial charge in [0.05, 0.1) is 4.91 Å². The van der Waals surface area contributed by atoms with Crippen molar-refractivity contribution < 1.29 is 14.4 Å². The van der Waals surface area contributed by atoms with E-state index in [0.29, 0.717) is 10.5 Å². The number of carbonyl (C=O) groups is 3. The van der Waals surface area contributed by atoms with Gasteiger partial charge in [-0.3, -0.25) is 19.7 Å². The van der Waals surface area contributed by atoms with Crippen LogP contribution >= 0.6 is 23.1 Å². The summed E-state index contributed by atoms with van der Waals surface area (Å²) in [5.74, 6) is -0.352. The summed E-state index contributed by atoms with van der Waals surface area (Å²) >= 11 is 2.43. The van der Waals surface area contributed by atoms with Crippen LogP contribution < -0.4 is 5.32 Å². The lowest BCUT2D eigenvalue weighted by molar-refractivity contribution is -0.115. The van der Waals surface area contributed by atoms with Crippen molar-refractivity contribution in [2.75, 3.05) is 0 Å². The zero-order valence-electron chi connectivity index (χ0n) is 10.7. The topological polar surface area (TPSA) is 63.2 Å². The second kappa shape index (κ2) is 5.67. The first-order valence-electron chi connectivity index (χ1n) is 6.06. The molecule has 0 bridgehead atoms. The van der Waals surface area contributed by atoms with E-state index in [0.717, 1.165) is 33.4 Å². The number of benzene rings is 1. The normalized spacial score (nSPS) is 16.3. The standard InChI is InChI=1S/C15H9NO3S2/c17-8-9-1-3-10(4-2-9)12-6-5-11(20-12)7-13-14(18)16-15(19)21-13/h1-8H,(H,16,18,19). The molecule has 1 saturated heterocycles. The molecule has 21 heavy (non-hydrogen) atoms. The van der Waals surface area contributed by atoms with Crippen molar-refractivity contribution >= 4 is 46.6 Å². The quantitative estimate of drug-likeness (QED) is 0.695. The van der Waals surface area contributed by atoms with Gasteiger partial charge in [0.1, 0.15) is 6.29 Å². The maximum atomic E-state index is 11.5. The van der Waals surface area contributed by atoms with Crippen LogP contribution in [0, 0.1) is 0 Å². The van der Waals surface area contributed by atoms with Gasteiger partial charge in [0, 0.05) is 15.3 Å². The molecule has 6 heteroatoms. The second-order valence-electron chi connectivity index (χ2n) is 4.29. The third-order valence-corrected chi connectivity index (χ3v) is 4.77. The molecule has 0 unspecified atom stereocenters. The molecular formula is C15H9NO3S2. The van der Waals surface area contributed by atoms with Gasteiger partial charge < -0.3 is 0 Å². The third kappa shape index (κ3) is 2.96. The first kappa shape index (κ1) is 13.8. The molecule has 0 aliphatic carbocycles. The van der Waals surface area contributed by atoms with E-state index >= 15 is 0 Å². The summed E-state index contributed by atoms with van der Waals surface area (Å²) in [6.07, 6.45) is 2.51. The van der Waals surface area contributed by atoms with E-state index in [4.69, 9.17) is 0 Å². The van der Waals surface area contributed by atoms with Gasteiger partial charge in [0.15, 0.2) is 0 Å². The van der Waals surface area contributed by atoms with Crippen molar-refractivity contribution in [1.82, 2.24) is 5.32 Å². The molecule has 4 nitrogen and oxygen atoms in total. The van der Waals surface area contributed by atoms with Crippen molar-refractivity contribution in [3.63, 3.8) is 0 Å². The van der Waals surface area contributed by atoms with Crippen molar-refractivity contribution in [2.24, 2.45) is 0 Å². The molecule has 2 amide bonds. The molecule has 104 valence electrons. The molecule has 0 radical (unpaired) electrons. The fraction of sp³-hybridized carbons (Fsp3) is 0. The lowest BCUT2D eigenvalue weighted by atomic mass is 10.1. The molecule has 1 aliphatic heterocycles. The van der Waals surface area contributed by atoms with Crippen molar-refractivity contribution in [3.05, 3.63) is 51.7 Å². The molecule has 0 atom stereocenters. The summed E-state index contributed by atoms with van der Waals surface area (Å²) in [5.41, 5.74) is 1.64. The van der Waals surface area contributed by atoms with Gasteiger partial charge in [-0.1, -0.05) is 24.3 Å². The Hall–Kier alpha value is -2.18. The summed E-state index contributed by atoms with van der Waals surface area (Å²) in [6, 6.07) is 11.1. The van der Waals surface area contributed by atoms with E-state index in [9.17, 15) is 14.4 Å². The summed E-state index contributed by atoms with van der Waals surface area (Å²) in [4.78, 5) is 35.6. The Kier molecular flexibility index (Phi) is 3.72. The molecule has 1 fully saturated rings. The first-order chi connectivity index (χ1) is 10.2. The predicted molar refractivity (Wildman–Crippen MR) is 84.2 cm³/mol. The highest BCUT2D eigenvalue weighted by Crippen LogP contribution is 2.32. The van der Waals surface area contributed by atoms with Crippen LogP contribution in [0.4, 0.5) is 4.79 Å². The monoisotopic (exact) mass is 315 g/mol. The third-order valence-electron chi connectivity index (χ3n) is 2.87. The average Bonchev–Trinajstić information content (AvgIpc) is 3.07. The number of amides is 2. The van der Waals surface area contributed by atoms with Gasteiger partial charge >= 0.3 is 0 Å². The summed E-state index contributed by atoms with van der Waals surface area (Å²) in [5, 5.41) is 1.89. The van der Waals surface area contributed by atoms with Gasteiger partial charge in [0.2, 0.25) is 0 Å². The summed E-state index contributed by atoms with van der Waals surface area (Å²) in [7, 11) is 0. The Bertz CT molecular complexity index is 759. The van der Waals surface area contributed by atoms with Crippen LogP contribution in [0.15, 0.2) is 41.3 Å². The number of rotatable bonds is 3. The van der Waals surface area contributed by atoms with Crippen LogP contribution in [-0.4, -0.2) is 17.4 Å². The fourth-order valence-corrected chi connectivity index (χ4v) is 3.57. The van der Waals surface area contributed by atoms with Crippen LogP contribution in [0.5, 0.6) is 0 Å². The predicted octanol–water partition coefficient (Wildman–Crippen LogP) is 3.55. The fourth-order valence-electron chi connectivity index (χ4n) is 1.86. The van der Waals surface area contributed by atoms with Crippen LogP contribution in [0.2, 0.25) is 0 Å². The SMILES string of the molecule is O=Cc1ccc(-c2ccc(C=C3SC(=O)NC3=O)s2)cc1. The van der Waals surface area contributed by atoms with E-state index in [1.807, 2.05) is 24.3 Å². The Morgan fingerprint density at radius 2 is 1.76 bits per heavy atom. The number of thioether (sulfide) groups is 1. The molecule has 2 heterocycles. The highest BCUT2D eigenvalue weighted by molar-refractivity contribution is 8.18. The maximum Gasteiger partial charge on any atom is 0.290 e. The van der Waals surface area contributed by atoms with Gasteiger partial charge in [-0.15, -0.1) is 11.3 Å². The number of hydrogen-bond acceptors (Lipinski definition) is 5. The Morgan fingerprint density at radius 3 is 2.38 bits per heavy atom. The molecule has 1 N–H and O–H groups in total. The van der Waals surface area contributed by atoms with Crippen LogP contribution in [0.1, 0.15) is 15.2 Å². The Labute approximate surface area is 128 Å². The minimum Gasteiger partial charge on any atom is -0.298 e. The zero-order chi connectivity index (χ0) is 14.8. The average molecular weight is 315 g/mol. The number of thiophene rings is 1. The van der Waals surface area contributed by atoms with Crippen molar-refractivity contribution in [3.8, 4) is 10.4 Å². The van der Waals surface area contributed by atoms with Crippen LogP contribution in [0.25, 0.3) is 16.5 Å². The van der Waals surface area contributed by atoms with Gasteiger partial charge in [-0.2, -0.15) is 0 Å². The number of imide groups is 1. The van der Waals surface area contributed by atoms with Crippen molar-refractivity contribution in [2.45, 2.75) is 0 Å². The minimum absolute atomic E-state index is 0.340. The highest BCUT2D eigenvalue weighted by Gasteiger charge is 2.25. The highest BCUT2D eigenvalue weighted by atomic mass is 32.2. The van der Waals surface area contributed by atoms with Gasteiger partial charge in [-0.05, 0) is 35.5 Å². The molecule has 2 aromatic rings. The zero-order valence-corrected chi connectivity index (χ0v) is 12.3. The number of hydrogen-bond donors (Lipinski definition) is 1. The summed E-state index contributed by atoms with van der Waals surface area (Å²) < 4.78 is 0. The van der Waals surface area contributed by atoms with Gasteiger partial charge in [0.25, 0.3) is 11.1 Å². The molecule has 0 spiro atoms. The van der Waals surface area contributed by atoms with Crippen LogP contribution in [0.3, 0.4) is 0 Å². The van der Waals surface area contributed by atoms with Crippen LogP contribution in [-0.2, 0) is 4.79 Å². The van der Waals surface area contributed by atoms with E-state index in [1.165, 1.54) is 11.3 Å². The smallest absolute Gasteiger partial charge is 0.290 e. The maximum absolute atomic E-state index is 11.5. The molecule has 1 aromatic heterocycles. The van der Waals surface area contributed by atoms with E-state index in [2.05, 4.69) is 5.32 Å². The van der Waals surface area contributed by atoms with E-state index < -0.39 is 0 Å². The van der Waals surface area contributed by atoms with Gasteiger partial charge in [-0.25, -0.2) is 0 Å². The number of carbonyl (C=O) groups excluding carboxylic acids is 3. The minimum atomic E-state index is -0.352. The van der Waals surface area contributed by atoms with E-state index in [-0.39, 0.29) is 11.1 Å². The molecule has 0 saturated carbocycles. The largest absolute Gasteiger partial charge is 0.298 e. The molecule has 1 aromatic carbocycles. The molecule has 3 rings (SSSR count). The lowest BCUT2D eigenvalue weighted by Gasteiger charge is -1.97. The second-order valence-corrected chi connectivity index (χ2v) is 6.42. The van der Waals surface area contributed by atoms with E-state index in [1.54, 1.807) is 18.2 Å². The molecule has 1 aliphatic rings. The first-order valence-corrected chi connectivity index (χ1v) is 7.69. The number of aldehydes is 1. The van der Waals surface area contributed by atoms with Crippen molar-refractivity contribution in [1.29, 1.82) is 0 Å².